The van der Waals surface area contributed by atoms with Crippen LogP contribution in [0.15, 0.2) is 66.9 Å². The van der Waals surface area contributed by atoms with Crippen LogP contribution in [0.4, 0.5) is 11.4 Å². The summed E-state index contributed by atoms with van der Waals surface area (Å²) in [6.45, 7) is 2.49. The topological polar surface area (TPSA) is 45.2 Å². The van der Waals surface area contributed by atoms with Crippen molar-refractivity contribution in [1.82, 2.24) is 9.88 Å². The minimum Gasteiger partial charge on any atom is -0.355 e. The Hall–Kier alpha value is -2.85. The molecule has 0 spiro atoms. The highest BCUT2D eigenvalue weighted by Gasteiger charge is 2.14. The standard InChI is InChI=1S/C21H20ClN3O/c1-15-8-9-17(12-19(15)22)24-18-10-11-23-20(13-18)21(26)25(2)14-16-6-4-3-5-7-16/h3-13H,14H2,1-2H3,(H,23,24). The zero-order chi connectivity index (χ0) is 18.5. The van der Waals surface area contributed by atoms with E-state index in [1.165, 1.54) is 0 Å². The Labute approximate surface area is 158 Å². The average molecular weight is 366 g/mol. The van der Waals surface area contributed by atoms with Gasteiger partial charge in [0.05, 0.1) is 0 Å². The molecule has 0 bridgehead atoms. The van der Waals surface area contributed by atoms with E-state index < -0.39 is 0 Å². The molecule has 1 amide bonds. The molecule has 1 N–H and O–H groups in total. The van der Waals surface area contributed by atoms with Crippen molar-refractivity contribution in [3.63, 3.8) is 0 Å². The number of hydrogen-bond donors (Lipinski definition) is 1. The van der Waals surface area contributed by atoms with Crippen molar-refractivity contribution in [2.24, 2.45) is 0 Å². The first-order valence-electron chi connectivity index (χ1n) is 8.31. The van der Waals surface area contributed by atoms with Gasteiger partial charge in [-0.05, 0) is 42.3 Å². The normalized spacial score (nSPS) is 10.4. The number of rotatable bonds is 5. The molecule has 3 aromatic rings. The first-order valence-corrected chi connectivity index (χ1v) is 8.69. The lowest BCUT2D eigenvalue weighted by molar-refractivity contribution is 0.0779. The van der Waals surface area contributed by atoms with Crippen LogP contribution in [0.3, 0.4) is 0 Å². The maximum absolute atomic E-state index is 12.7. The van der Waals surface area contributed by atoms with E-state index in [2.05, 4.69) is 10.3 Å². The van der Waals surface area contributed by atoms with Gasteiger partial charge < -0.3 is 10.2 Å². The van der Waals surface area contributed by atoms with E-state index in [0.29, 0.717) is 17.3 Å². The number of aryl methyl sites for hydroxylation is 1. The van der Waals surface area contributed by atoms with Crippen molar-refractivity contribution in [2.45, 2.75) is 13.5 Å². The highest BCUT2D eigenvalue weighted by Crippen LogP contribution is 2.23. The van der Waals surface area contributed by atoms with Gasteiger partial charge >= 0.3 is 0 Å². The van der Waals surface area contributed by atoms with Gasteiger partial charge in [-0.3, -0.25) is 9.78 Å². The van der Waals surface area contributed by atoms with E-state index >= 15 is 0 Å². The number of carbonyl (C=O) groups excluding carboxylic acids is 1. The molecule has 1 aromatic heterocycles. The highest BCUT2D eigenvalue weighted by molar-refractivity contribution is 6.31. The van der Waals surface area contributed by atoms with E-state index in [4.69, 9.17) is 11.6 Å². The third-order valence-corrected chi connectivity index (χ3v) is 4.46. The molecule has 0 fully saturated rings. The van der Waals surface area contributed by atoms with Crippen LogP contribution in [0, 0.1) is 6.92 Å². The van der Waals surface area contributed by atoms with Crippen molar-refractivity contribution >= 4 is 28.9 Å². The Balaban J connectivity index is 1.73. The Kier molecular flexibility index (Phi) is 5.54. The monoisotopic (exact) mass is 365 g/mol. The lowest BCUT2D eigenvalue weighted by atomic mass is 10.2. The van der Waals surface area contributed by atoms with Crippen LogP contribution in [0.5, 0.6) is 0 Å². The maximum atomic E-state index is 12.7. The van der Waals surface area contributed by atoms with Crippen molar-refractivity contribution in [1.29, 1.82) is 0 Å². The Morgan fingerprint density at radius 3 is 2.54 bits per heavy atom. The number of aromatic nitrogens is 1. The molecule has 3 rings (SSSR count). The molecule has 132 valence electrons. The number of benzene rings is 2. The molecule has 1 heterocycles. The molecule has 4 nitrogen and oxygen atoms in total. The van der Waals surface area contributed by atoms with Crippen LogP contribution < -0.4 is 5.32 Å². The third kappa shape index (κ3) is 4.41. The van der Waals surface area contributed by atoms with E-state index in [1.807, 2.05) is 61.5 Å². The fourth-order valence-corrected chi connectivity index (χ4v) is 2.77. The van der Waals surface area contributed by atoms with Gasteiger partial charge in [-0.15, -0.1) is 0 Å². The summed E-state index contributed by atoms with van der Waals surface area (Å²) in [7, 11) is 1.77. The first kappa shape index (κ1) is 18.0. The average Bonchev–Trinajstić information content (AvgIpc) is 2.65. The van der Waals surface area contributed by atoms with E-state index in [0.717, 1.165) is 22.5 Å². The predicted molar refractivity (Wildman–Crippen MR) is 106 cm³/mol. The molecule has 5 heteroatoms. The van der Waals surface area contributed by atoms with Gasteiger partial charge in [0.15, 0.2) is 0 Å². The van der Waals surface area contributed by atoms with Crippen LogP contribution in [0.2, 0.25) is 5.02 Å². The number of anilines is 2. The van der Waals surface area contributed by atoms with Crippen LogP contribution in [0.25, 0.3) is 0 Å². The summed E-state index contributed by atoms with van der Waals surface area (Å²) in [4.78, 5) is 18.5. The van der Waals surface area contributed by atoms with Crippen LogP contribution in [0.1, 0.15) is 21.6 Å². The quantitative estimate of drug-likeness (QED) is 0.687. The van der Waals surface area contributed by atoms with Gasteiger partial charge in [0.25, 0.3) is 5.91 Å². The first-order chi connectivity index (χ1) is 12.5. The lowest BCUT2D eigenvalue weighted by Crippen LogP contribution is -2.27. The SMILES string of the molecule is Cc1ccc(Nc2ccnc(C(=O)N(C)Cc3ccccc3)c2)cc1Cl. The number of hydrogen-bond acceptors (Lipinski definition) is 3. The summed E-state index contributed by atoms with van der Waals surface area (Å²) < 4.78 is 0. The Morgan fingerprint density at radius 2 is 1.81 bits per heavy atom. The van der Waals surface area contributed by atoms with E-state index in [1.54, 1.807) is 24.2 Å². The molecule has 0 saturated carbocycles. The maximum Gasteiger partial charge on any atom is 0.272 e. The number of amides is 1. The summed E-state index contributed by atoms with van der Waals surface area (Å²) in [6, 6.07) is 19.2. The molecule has 0 aliphatic heterocycles. The molecule has 26 heavy (non-hydrogen) atoms. The van der Waals surface area contributed by atoms with E-state index in [-0.39, 0.29) is 5.91 Å². The molecule has 0 radical (unpaired) electrons. The lowest BCUT2D eigenvalue weighted by Gasteiger charge is -2.17. The second kappa shape index (κ2) is 8.02. The second-order valence-electron chi connectivity index (χ2n) is 6.17. The number of halogens is 1. The van der Waals surface area contributed by atoms with Gasteiger partial charge in [0.1, 0.15) is 5.69 Å². The Bertz CT molecular complexity index is 912. The molecule has 0 aliphatic rings. The van der Waals surface area contributed by atoms with Crippen molar-refractivity contribution in [3.05, 3.63) is 88.7 Å². The van der Waals surface area contributed by atoms with E-state index in [9.17, 15) is 4.79 Å². The minimum atomic E-state index is -0.126. The molecule has 0 atom stereocenters. The van der Waals surface area contributed by atoms with Crippen molar-refractivity contribution in [2.75, 3.05) is 12.4 Å². The summed E-state index contributed by atoms with van der Waals surface area (Å²) in [6.07, 6.45) is 1.63. The van der Waals surface area contributed by atoms with Crippen molar-refractivity contribution < 1.29 is 4.79 Å². The van der Waals surface area contributed by atoms with Gasteiger partial charge in [-0.1, -0.05) is 48.0 Å². The number of pyridine rings is 1. The summed E-state index contributed by atoms with van der Waals surface area (Å²) in [5, 5.41) is 3.96. The Morgan fingerprint density at radius 1 is 1.08 bits per heavy atom. The molecule has 2 aromatic carbocycles. The molecular formula is C21H20ClN3O. The van der Waals surface area contributed by atoms with Gasteiger partial charge in [-0.2, -0.15) is 0 Å². The zero-order valence-corrected chi connectivity index (χ0v) is 15.5. The van der Waals surface area contributed by atoms with Gasteiger partial charge in [0, 0.05) is 36.2 Å². The number of nitrogens with one attached hydrogen (secondary N) is 1. The molecular weight excluding hydrogens is 346 g/mol. The van der Waals surface area contributed by atoms with Gasteiger partial charge in [0.2, 0.25) is 0 Å². The van der Waals surface area contributed by atoms with Crippen molar-refractivity contribution in [3.8, 4) is 0 Å². The van der Waals surface area contributed by atoms with Crippen LogP contribution in [-0.2, 0) is 6.54 Å². The smallest absolute Gasteiger partial charge is 0.272 e. The van der Waals surface area contributed by atoms with Crippen LogP contribution in [-0.4, -0.2) is 22.8 Å². The predicted octanol–water partition coefficient (Wildman–Crippen LogP) is 5.06. The summed E-state index contributed by atoms with van der Waals surface area (Å²) in [5.74, 6) is -0.126. The number of nitrogens with zero attached hydrogens (tertiary/aromatic N) is 2. The summed E-state index contributed by atoms with van der Waals surface area (Å²) >= 11 is 6.17. The molecule has 0 unspecified atom stereocenters. The molecule has 0 aliphatic carbocycles. The minimum absolute atomic E-state index is 0.126. The fourth-order valence-electron chi connectivity index (χ4n) is 2.59. The van der Waals surface area contributed by atoms with Crippen LogP contribution >= 0.6 is 11.6 Å². The number of carbonyl (C=O) groups is 1. The fraction of sp³-hybridized carbons (Fsp3) is 0.143. The summed E-state index contributed by atoms with van der Waals surface area (Å²) in [5.41, 5.74) is 4.14. The molecule has 0 saturated heterocycles. The second-order valence-corrected chi connectivity index (χ2v) is 6.57. The zero-order valence-electron chi connectivity index (χ0n) is 14.7. The highest BCUT2D eigenvalue weighted by atomic mass is 35.5. The largest absolute Gasteiger partial charge is 0.355 e. The van der Waals surface area contributed by atoms with Gasteiger partial charge in [-0.25, -0.2) is 0 Å². The third-order valence-electron chi connectivity index (χ3n) is 4.05.